The summed E-state index contributed by atoms with van der Waals surface area (Å²) in [5.41, 5.74) is 33.1. The van der Waals surface area contributed by atoms with Crippen LogP contribution in [0.2, 0.25) is 0 Å². The molecule has 0 aliphatic rings. The predicted octanol–water partition coefficient (Wildman–Crippen LogP) is 32.0. The van der Waals surface area contributed by atoms with Gasteiger partial charge in [0.25, 0.3) is 0 Å². The van der Waals surface area contributed by atoms with E-state index in [-0.39, 0.29) is 17.8 Å². The number of hydrogen-bond acceptors (Lipinski definition) is 3. The number of imidazole rings is 1. The number of fused-ring (bicyclic) bond motifs is 18. The lowest BCUT2D eigenvalue weighted by Crippen LogP contribution is -2.11. The summed E-state index contributed by atoms with van der Waals surface area (Å²) >= 11 is 1.87. The lowest BCUT2D eigenvalue weighted by Gasteiger charge is -2.27. The molecule has 124 heavy (non-hydrogen) atoms. The van der Waals surface area contributed by atoms with E-state index in [1.54, 1.807) is 0 Å². The van der Waals surface area contributed by atoms with E-state index in [2.05, 4.69) is 428 Å². The number of aryl methyl sites for hydroxylation is 3. The van der Waals surface area contributed by atoms with E-state index < -0.39 is 0 Å². The van der Waals surface area contributed by atoms with Gasteiger partial charge in [0.15, 0.2) is 0 Å². The molecule has 0 saturated heterocycles. The number of rotatable bonds is 17. The van der Waals surface area contributed by atoms with Crippen LogP contribution in [0.3, 0.4) is 0 Å². The molecule has 0 radical (unpaired) electrons. The Bertz CT molecular complexity index is 8330. The van der Waals surface area contributed by atoms with Gasteiger partial charge in [0.05, 0.1) is 49.8 Å². The first-order valence-corrected chi connectivity index (χ1v) is 44.4. The number of furan rings is 1. The van der Waals surface area contributed by atoms with Crippen LogP contribution in [0, 0.1) is 20.8 Å². The van der Waals surface area contributed by atoms with Gasteiger partial charge in [-0.25, -0.2) is 4.98 Å². The second-order valence-electron chi connectivity index (χ2n) is 34.3. The van der Waals surface area contributed by atoms with Gasteiger partial charge in [-0.3, -0.25) is 4.57 Å². The third kappa shape index (κ3) is 12.0. The van der Waals surface area contributed by atoms with Crippen molar-refractivity contribution < 1.29 is 4.42 Å². The van der Waals surface area contributed by atoms with E-state index in [4.69, 9.17) is 9.40 Å². The summed E-state index contributed by atoms with van der Waals surface area (Å²) in [6, 6.07) is 136. The van der Waals surface area contributed by atoms with E-state index in [0.717, 1.165) is 75.1 Å². The lowest BCUT2D eigenvalue weighted by atomic mass is 9.78. The molecule has 3 unspecified atom stereocenters. The van der Waals surface area contributed by atoms with Crippen molar-refractivity contribution in [2.75, 3.05) is 0 Å². The molecule has 0 saturated carbocycles. The first-order chi connectivity index (χ1) is 61.0. The molecule has 17 aromatic carbocycles. The zero-order valence-corrected chi connectivity index (χ0v) is 70.5. The van der Waals surface area contributed by atoms with Crippen LogP contribution in [0.4, 0.5) is 0 Å². The zero-order valence-electron chi connectivity index (χ0n) is 69.6. The summed E-state index contributed by atoms with van der Waals surface area (Å²) in [7, 11) is 0. The molecule has 24 rings (SSSR count). The number of nitrogens with zero attached hydrogens (tertiary/aromatic N) is 6. The Hall–Kier alpha value is -14.8. The fraction of sp³-hybridized carbons (Fsp3) is 0.0948. The van der Waals surface area contributed by atoms with Gasteiger partial charge in [0.1, 0.15) is 17.0 Å². The van der Waals surface area contributed by atoms with Crippen molar-refractivity contribution in [2.24, 2.45) is 0 Å². The minimum absolute atomic E-state index is 0.212. The monoisotopic (exact) mass is 1610 g/mol. The Labute approximate surface area is 722 Å². The highest BCUT2D eigenvalue weighted by Crippen LogP contribution is 2.47. The second-order valence-corrected chi connectivity index (χ2v) is 35.4. The van der Waals surface area contributed by atoms with Crippen LogP contribution < -0.4 is 0 Å². The van der Waals surface area contributed by atoms with E-state index in [0.29, 0.717) is 0 Å². The fourth-order valence-corrected chi connectivity index (χ4v) is 22.2. The van der Waals surface area contributed by atoms with Crippen LogP contribution in [0.15, 0.2) is 381 Å². The molecule has 0 N–H and O–H groups in total. The molecule has 7 heterocycles. The third-order valence-electron chi connectivity index (χ3n) is 26.9. The Morgan fingerprint density at radius 1 is 0.298 bits per heavy atom. The van der Waals surface area contributed by atoms with Crippen molar-refractivity contribution in [1.29, 1.82) is 0 Å². The topological polar surface area (TPSA) is 50.7 Å². The largest absolute Gasteiger partial charge is 0.456 e. The van der Waals surface area contributed by atoms with Gasteiger partial charge in [0.2, 0.25) is 0 Å². The predicted molar refractivity (Wildman–Crippen MR) is 523 cm³/mol. The number of aromatic nitrogens is 6. The highest BCUT2D eigenvalue weighted by molar-refractivity contribution is 7.25. The van der Waals surface area contributed by atoms with Crippen LogP contribution in [-0.4, -0.2) is 27.8 Å². The number of para-hydroxylation sites is 6. The van der Waals surface area contributed by atoms with Crippen LogP contribution in [-0.2, 0) is 0 Å². The van der Waals surface area contributed by atoms with Gasteiger partial charge in [-0.1, -0.05) is 232 Å². The summed E-state index contributed by atoms with van der Waals surface area (Å²) in [6.07, 6.45) is 6.97. The maximum absolute atomic E-state index is 6.59. The van der Waals surface area contributed by atoms with Crippen LogP contribution >= 0.6 is 11.3 Å². The van der Waals surface area contributed by atoms with Crippen molar-refractivity contribution in [3.8, 4) is 73.2 Å². The number of hydrogen-bond donors (Lipinski definition) is 0. The smallest absolute Gasteiger partial charge is 0.144 e. The van der Waals surface area contributed by atoms with Gasteiger partial charge in [-0.15, -0.1) is 11.3 Å². The van der Waals surface area contributed by atoms with Crippen LogP contribution in [0.1, 0.15) is 84.2 Å². The summed E-state index contributed by atoms with van der Waals surface area (Å²) in [5.74, 6) is 1.63. The normalized spacial score (nSPS) is 12.9. The molecule has 0 aliphatic carbocycles. The Kier molecular flexibility index (Phi) is 17.2. The van der Waals surface area contributed by atoms with Crippen LogP contribution in [0.5, 0.6) is 0 Å². The van der Waals surface area contributed by atoms with Gasteiger partial charge in [-0.05, 0) is 271 Å². The molecule has 592 valence electrons. The first-order valence-electron chi connectivity index (χ1n) is 43.5. The van der Waals surface area contributed by atoms with Crippen LogP contribution in [0.25, 0.3) is 203 Å². The van der Waals surface area contributed by atoms with Crippen molar-refractivity contribution in [3.63, 3.8) is 0 Å². The van der Waals surface area contributed by atoms with E-state index in [1.807, 2.05) is 17.5 Å². The molecule has 0 amide bonds. The summed E-state index contributed by atoms with van der Waals surface area (Å²) in [5, 5.41) is 14.7. The fourth-order valence-electron chi connectivity index (χ4n) is 21.2. The van der Waals surface area contributed by atoms with E-state index >= 15 is 0 Å². The summed E-state index contributed by atoms with van der Waals surface area (Å²) < 4.78 is 21.2. The molecule has 0 fully saturated rings. The highest BCUT2D eigenvalue weighted by atomic mass is 32.1. The molecule has 0 spiro atoms. The standard InChI is InChI=1S/C116H86N6OS/c1-6-75(79-23-20-26-88(63-79)121-108-39-18-12-33-96(108)97-65-81(44-50-110(97)121)83-46-52-111-99(67-83)100-70-90(49-53-112(100)123-111)122-105-36-15-9-30-93(105)94-31-10-16-37-106(94)122)61-86(76-40-42-77(43-41-76)116-117-56-57-118(116)115-73(4)58-71(2)59-74(115)5)60-72(3)78-22-19-25-87(62-78)120-107-38-17-11-32-95(107)98-66-82(45-51-109(98)120)85-48-55-114-102(69-85)101-68-84(47-54-113(101)124-114)80-24-21-27-89(64-80)119-103-34-13-7-28-91(103)92-29-8-14-35-104(92)119/h7-59,62-70,72,75,86H,6,60-61H2,1-5H3. The van der Waals surface area contributed by atoms with Crippen molar-refractivity contribution in [1.82, 2.24) is 27.8 Å². The van der Waals surface area contributed by atoms with Crippen molar-refractivity contribution in [3.05, 3.63) is 410 Å². The van der Waals surface area contributed by atoms with Crippen molar-refractivity contribution >= 4 is 141 Å². The molecular weight excluding hydrogens is 1530 g/mol. The maximum atomic E-state index is 6.59. The highest BCUT2D eigenvalue weighted by Gasteiger charge is 2.27. The maximum Gasteiger partial charge on any atom is 0.144 e. The molecule has 0 aliphatic heterocycles. The third-order valence-corrected chi connectivity index (χ3v) is 28.1. The van der Waals surface area contributed by atoms with Gasteiger partial charge < -0.3 is 22.7 Å². The minimum atomic E-state index is 0.212. The summed E-state index contributed by atoms with van der Waals surface area (Å²) in [4.78, 5) is 5.04. The number of benzene rings is 17. The minimum Gasteiger partial charge on any atom is -0.456 e. The molecule has 24 aromatic rings. The average molecular weight is 1610 g/mol. The van der Waals surface area contributed by atoms with E-state index in [9.17, 15) is 0 Å². The molecular formula is C116H86N6OS. The first kappa shape index (κ1) is 73.1. The zero-order chi connectivity index (χ0) is 82.5. The SMILES string of the molecule is CCC(CC(CC(C)c1cccc(-n2c3ccccc3c3cc(-c4ccc5sc6ccc(-c7cccc(-n8c9ccccc9c9ccccc98)c7)cc6c5c4)ccc32)c1)c1ccc(-c2nccn2-c2c(C)cc(C)cc2C)cc1)c1cccc(-n2c3ccccc3c3cc(-c4ccc5oc6ccc(-n7c8ccccc8c8ccccc87)cc6c5c4)ccc32)c1. The summed E-state index contributed by atoms with van der Waals surface area (Å²) in [6.45, 7) is 11.5. The average Bonchev–Trinajstić information content (AvgIpc) is 1.60. The van der Waals surface area contributed by atoms with Crippen molar-refractivity contribution in [2.45, 2.75) is 71.6 Å². The van der Waals surface area contributed by atoms with E-state index in [1.165, 1.54) is 180 Å². The molecule has 0 bridgehead atoms. The van der Waals surface area contributed by atoms with Gasteiger partial charge in [0, 0.05) is 115 Å². The molecule has 3 atom stereocenters. The molecule has 7 aromatic heterocycles. The molecule has 8 heteroatoms. The lowest BCUT2D eigenvalue weighted by molar-refractivity contribution is 0.467. The second kappa shape index (κ2) is 29.2. The quantitative estimate of drug-likeness (QED) is 0.0912. The van der Waals surface area contributed by atoms with Gasteiger partial charge in [-0.2, -0.15) is 0 Å². The van der Waals surface area contributed by atoms with Gasteiger partial charge >= 0.3 is 0 Å². The Morgan fingerprint density at radius 3 is 1.19 bits per heavy atom. The Morgan fingerprint density at radius 2 is 0.685 bits per heavy atom. The molecule has 7 nitrogen and oxygen atoms in total. The number of thiophene rings is 1. The Balaban J connectivity index is 0.549.